The van der Waals surface area contributed by atoms with E-state index in [1.807, 2.05) is 31.2 Å². The van der Waals surface area contributed by atoms with Gasteiger partial charge in [-0.2, -0.15) is 4.68 Å². The highest BCUT2D eigenvalue weighted by Crippen LogP contribution is 2.18. The monoisotopic (exact) mass is 264 g/mol. The van der Waals surface area contributed by atoms with E-state index in [9.17, 15) is 4.79 Å². The minimum absolute atomic E-state index is 0.0887. The van der Waals surface area contributed by atoms with Crippen molar-refractivity contribution < 1.29 is 9.90 Å². The van der Waals surface area contributed by atoms with Crippen molar-refractivity contribution in [2.75, 3.05) is 5.75 Å². The molecule has 2 rings (SSSR count). The molecule has 1 aromatic heterocycles. The van der Waals surface area contributed by atoms with Crippen LogP contribution in [0.5, 0.6) is 0 Å². The number of carboxylic acid groups (broad SMARTS) is 1. The largest absolute Gasteiger partial charge is 0.481 e. The first-order valence-corrected chi connectivity index (χ1v) is 6.35. The highest BCUT2D eigenvalue weighted by molar-refractivity contribution is 7.99. The van der Waals surface area contributed by atoms with Gasteiger partial charge in [0, 0.05) is 5.75 Å². The van der Waals surface area contributed by atoms with Crippen LogP contribution < -0.4 is 0 Å². The molecule has 0 unspecified atom stereocenters. The van der Waals surface area contributed by atoms with Gasteiger partial charge < -0.3 is 5.11 Å². The Morgan fingerprint density at radius 2 is 2.11 bits per heavy atom. The van der Waals surface area contributed by atoms with Crippen molar-refractivity contribution in [2.24, 2.45) is 0 Å². The second-order valence-electron chi connectivity index (χ2n) is 3.70. The van der Waals surface area contributed by atoms with Crippen molar-refractivity contribution in [2.45, 2.75) is 18.5 Å². The molecular formula is C11H12N4O2S. The third-order valence-corrected chi connectivity index (χ3v) is 3.19. The molecule has 0 spiro atoms. The lowest BCUT2D eigenvalue weighted by Gasteiger charge is -2.03. The lowest BCUT2D eigenvalue weighted by molar-refractivity contribution is -0.136. The van der Waals surface area contributed by atoms with Crippen molar-refractivity contribution in [3.05, 3.63) is 29.8 Å². The number of aryl methyl sites for hydroxylation is 1. The van der Waals surface area contributed by atoms with Crippen molar-refractivity contribution in [1.29, 1.82) is 0 Å². The van der Waals surface area contributed by atoms with Crippen LogP contribution in [0.2, 0.25) is 0 Å². The Morgan fingerprint density at radius 3 is 2.78 bits per heavy atom. The molecule has 2 aromatic rings. The van der Waals surface area contributed by atoms with Crippen molar-refractivity contribution in [3.63, 3.8) is 0 Å². The Kier molecular flexibility index (Phi) is 3.93. The molecule has 0 aliphatic heterocycles. The topological polar surface area (TPSA) is 80.9 Å². The molecule has 7 heteroatoms. The first kappa shape index (κ1) is 12.6. The Labute approximate surface area is 108 Å². The van der Waals surface area contributed by atoms with Crippen LogP contribution in [0.4, 0.5) is 0 Å². The minimum Gasteiger partial charge on any atom is -0.481 e. The van der Waals surface area contributed by atoms with E-state index in [4.69, 9.17) is 5.11 Å². The summed E-state index contributed by atoms with van der Waals surface area (Å²) in [7, 11) is 0. The van der Waals surface area contributed by atoms with Crippen LogP contribution in [-0.2, 0) is 4.79 Å². The zero-order valence-corrected chi connectivity index (χ0v) is 10.6. The summed E-state index contributed by atoms with van der Waals surface area (Å²) in [6.45, 7) is 2.01. The lowest BCUT2D eigenvalue weighted by Crippen LogP contribution is -2.01. The fourth-order valence-electron chi connectivity index (χ4n) is 1.35. The lowest BCUT2D eigenvalue weighted by atomic mass is 10.2. The predicted octanol–water partition coefficient (Wildman–Crippen LogP) is 1.54. The van der Waals surface area contributed by atoms with Crippen molar-refractivity contribution >= 4 is 17.7 Å². The smallest absolute Gasteiger partial charge is 0.304 e. The van der Waals surface area contributed by atoms with E-state index in [1.54, 1.807) is 4.68 Å². The molecule has 1 aromatic carbocycles. The van der Waals surface area contributed by atoms with Gasteiger partial charge in [-0.3, -0.25) is 4.79 Å². The number of thioether (sulfide) groups is 1. The number of carbonyl (C=O) groups is 1. The molecule has 0 atom stereocenters. The van der Waals surface area contributed by atoms with E-state index in [0.29, 0.717) is 10.9 Å². The second kappa shape index (κ2) is 5.63. The summed E-state index contributed by atoms with van der Waals surface area (Å²) in [6.07, 6.45) is 0.0887. The Bertz CT molecular complexity index is 538. The van der Waals surface area contributed by atoms with Crippen LogP contribution in [-0.4, -0.2) is 37.0 Å². The molecule has 0 amide bonds. The van der Waals surface area contributed by atoms with E-state index in [1.165, 1.54) is 11.8 Å². The SMILES string of the molecule is Cc1ccc(-n2nnnc2SCCC(=O)O)cc1. The maximum atomic E-state index is 10.4. The summed E-state index contributed by atoms with van der Waals surface area (Å²) in [5, 5.41) is 20.6. The molecular weight excluding hydrogens is 252 g/mol. The molecule has 0 saturated carbocycles. The van der Waals surface area contributed by atoms with Gasteiger partial charge >= 0.3 is 5.97 Å². The molecule has 94 valence electrons. The average molecular weight is 264 g/mol. The minimum atomic E-state index is -0.822. The number of aromatic nitrogens is 4. The molecule has 0 fully saturated rings. The Hall–Kier alpha value is -1.89. The zero-order valence-electron chi connectivity index (χ0n) is 9.78. The predicted molar refractivity (Wildman–Crippen MR) is 66.9 cm³/mol. The third kappa shape index (κ3) is 3.07. The number of nitrogens with zero attached hydrogens (tertiary/aromatic N) is 4. The summed E-state index contributed by atoms with van der Waals surface area (Å²) >= 11 is 1.33. The number of hydrogen-bond acceptors (Lipinski definition) is 5. The van der Waals surface area contributed by atoms with Gasteiger partial charge in [-0.1, -0.05) is 29.5 Å². The summed E-state index contributed by atoms with van der Waals surface area (Å²) in [5.41, 5.74) is 2.02. The molecule has 0 aliphatic carbocycles. The summed E-state index contributed by atoms with van der Waals surface area (Å²) in [5.74, 6) is -0.376. The normalized spacial score (nSPS) is 10.5. The van der Waals surface area contributed by atoms with E-state index in [-0.39, 0.29) is 6.42 Å². The van der Waals surface area contributed by atoms with Gasteiger partial charge in [-0.05, 0) is 29.5 Å². The van der Waals surface area contributed by atoms with Crippen LogP contribution in [0.15, 0.2) is 29.4 Å². The van der Waals surface area contributed by atoms with Gasteiger partial charge in [0.2, 0.25) is 5.16 Å². The number of carboxylic acids is 1. The summed E-state index contributed by atoms with van der Waals surface area (Å²) in [4.78, 5) is 10.4. The molecule has 0 radical (unpaired) electrons. The van der Waals surface area contributed by atoms with Crippen molar-refractivity contribution in [3.8, 4) is 5.69 Å². The third-order valence-electron chi connectivity index (χ3n) is 2.27. The average Bonchev–Trinajstić information content (AvgIpc) is 2.78. The van der Waals surface area contributed by atoms with Crippen molar-refractivity contribution in [1.82, 2.24) is 20.2 Å². The van der Waals surface area contributed by atoms with Gasteiger partial charge in [0.05, 0.1) is 12.1 Å². The fourth-order valence-corrected chi connectivity index (χ4v) is 2.16. The highest BCUT2D eigenvalue weighted by Gasteiger charge is 2.09. The molecule has 1 N–H and O–H groups in total. The molecule has 1 heterocycles. The summed E-state index contributed by atoms with van der Waals surface area (Å²) in [6, 6.07) is 7.80. The maximum Gasteiger partial charge on any atom is 0.304 e. The van der Waals surface area contributed by atoms with E-state index >= 15 is 0 Å². The first-order valence-electron chi connectivity index (χ1n) is 5.37. The van der Waals surface area contributed by atoms with Crippen LogP contribution in [0.25, 0.3) is 5.69 Å². The molecule has 18 heavy (non-hydrogen) atoms. The van der Waals surface area contributed by atoms with Crippen LogP contribution >= 0.6 is 11.8 Å². The Morgan fingerprint density at radius 1 is 1.39 bits per heavy atom. The molecule has 6 nitrogen and oxygen atoms in total. The van der Waals surface area contributed by atoms with Gasteiger partial charge in [0.1, 0.15) is 0 Å². The molecule has 0 aliphatic rings. The number of rotatable bonds is 5. The van der Waals surface area contributed by atoms with Gasteiger partial charge in [0.15, 0.2) is 0 Å². The van der Waals surface area contributed by atoms with Crippen LogP contribution in [0.1, 0.15) is 12.0 Å². The number of benzene rings is 1. The highest BCUT2D eigenvalue weighted by atomic mass is 32.2. The van der Waals surface area contributed by atoms with Gasteiger partial charge in [-0.15, -0.1) is 5.10 Å². The Balaban J connectivity index is 2.12. The fraction of sp³-hybridized carbons (Fsp3) is 0.273. The summed E-state index contributed by atoms with van der Waals surface area (Å²) < 4.78 is 1.60. The van der Waals surface area contributed by atoms with Gasteiger partial charge in [0.25, 0.3) is 0 Å². The molecule has 0 saturated heterocycles. The van der Waals surface area contributed by atoms with Crippen LogP contribution in [0, 0.1) is 6.92 Å². The first-order chi connectivity index (χ1) is 8.66. The zero-order chi connectivity index (χ0) is 13.0. The maximum absolute atomic E-state index is 10.4. The standard InChI is InChI=1S/C11H12N4O2S/c1-8-2-4-9(5-3-8)15-11(12-13-14-15)18-7-6-10(16)17/h2-5H,6-7H2,1H3,(H,16,17). The number of aliphatic carboxylic acids is 1. The van der Waals surface area contributed by atoms with E-state index in [0.717, 1.165) is 11.3 Å². The number of hydrogen-bond donors (Lipinski definition) is 1. The van der Waals surface area contributed by atoms with E-state index in [2.05, 4.69) is 15.5 Å². The van der Waals surface area contributed by atoms with Crippen LogP contribution in [0.3, 0.4) is 0 Å². The quantitative estimate of drug-likeness (QED) is 0.825. The second-order valence-corrected chi connectivity index (χ2v) is 4.76. The molecule has 0 bridgehead atoms. The van der Waals surface area contributed by atoms with E-state index < -0.39 is 5.97 Å². The van der Waals surface area contributed by atoms with Gasteiger partial charge in [-0.25, -0.2) is 0 Å². The number of tetrazole rings is 1.